The van der Waals surface area contributed by atoms with Gasteiger partial charge < -0.3 is 4.90 Å². The highest BCUT2D eigenvalue weighted by atomic mass is 16.1. The molecule has 0 radical (unpaired) electrons. The minimum Gasteiger partial charge on any atom is -0.369 e. The van der Waals surface area contributed by atoms with Gasteiger partial charge in [-0.1, -0.05) is 30.3 Å². The summed E-state index contributed by atoms with van der Waals surface area (Å²) in [5.74, 6) is 0.576. The summed E-state index contributed by atoms with van der Waals surface area (Å²) in [4.78, 5) is 17.1. The first-order valence-corrected chi connectivity index (χ1v) is 5.96. The molecule has 0 spiro atoms. The third kappa shape index (κ3) is 3.28. The molecule has 0 bridgehead atoms. The highest BCUT2D eigenvalue weighted by Gasteiger charge is 2.09. The molecule has 0 saturated carbocycles. The Hall–Kier alpha value is -2.43. The molecular weight excluding hydrogens is 240 g/mol. The van der Waals surface area contributed by atoms with Crippen LogP contribution in [0.4, 0.5) is 5.82 Å². The molecule has 0 aliphatic rings. The van der Waals surface area contributed by atoms with Crippen molar-refractivity contribution in [3.8, 4) is 0 Å². The standard InChI is InChI=1S/C14H16N4O/c1-17(2)11-15-14-13(10-19)8-16-18(14)9-12-6-4-3-5-7-12/h3-8,10-11H,9H2,1-2H3. The highest BCUT2D eigenvalue weighted by molar-refractivity contribution is 5.82. The summed E-state index contributed by atoms with van der Waals surface area (Å²) >= 11 is 0. The van der Waals surface area contributed by atoms with Crippen LogP contribution in [0.2, 0.25) is 0 Å². The predicted octanol–water partition coefficient (Wildman–Crippen LogP) is 1.97. The van der Waals surface area contributed by atoms with Gasteiger partial charge in [0.05, 0.1) is 24.6 Å². The number of hydrogen-bond acceptors (Lipinski definition) is 3. The lowest BCUT2D eigenvalue weighted by molar-refractivity contribution is 0.112. The Kier molecular flexibility index (Phi) is 4.07. The molecule has 0 N–H and O–H groups in total. The molecule has 1 aromatic carbocycles. The van der Waals surface area contributed by atoms with Crippen molar-refractivity contribution in [2.45, 2.75) is 6.54 Å². The molecule has 1 aromatic heterocycles. The van der Waals surface area contributed by atoms with E-state index in [-0.39, 0.29) is 0 Å². The average molecular weight is 256 g/mol. The Labute approximate surface area is 112 Å². The molecule has 0 aliphatic carbocycles. The van der Waals surface area contributed by atoms with E-state index in [0.29, 0.717) is 17.9 Å². The van der Waals surface area contributed by atoms with Crippen molar-refractivity contribution in [1.29, 1.82) is 0 Å². The Bertz CT molecular complexity index is 572. The molecule has 1 heterocycles. The van der Waals surface area contributed by atoms with Crippen molar-refractivity contribution in [1.82, 2.24) is 14.7 Å². The second-order valence-corrected chi connectivity index (χ2v) is 4.39. The van der Waals surface area contributed by atoms with Crippen LogP contribution < -0.4 is 0 Å². The van der Waals surface area contributed by atoms with Crippen LogP contribution >= 0.6 is 0 Å². The SMILES string of the molecule is CN(C)C=Nc1c(C=O)cnn1Cc1ccccc1. The lowest BCUT2D eigenvalue weighted by Gasteiger charge is -2.06. The van der Waals surface area contributed by atoms with Crippen LogP contribution in [-0.4, -0.2) is 41.4 Å². The van der Waals surface area contributed by atoms with E-state index in [1.807, 2.05) is 49.3 Å². The summed E-state index contributed by atoms with van der Waals surface area (Å²) in [5, 5.41) is 4.21. The number of aliphatic imine (C=N–C) groups is 1. The highest BCUT2D eigenvalue weighted by Crippen LogP contribution is 2.18. The summed E-state index contributed by atoms with van der Waals surface area (Å²) in [7, 11) is 3.75. The van der Waals surface area contributed by atoms with Gasteiger partial charge in [-0.25, -0.2) is 9.67 Å². The van der Waals surface area contributed by atoms with Crippen molar-refractivity contribution in [2.24, 2.45) is 4.99 Å². The van der Waals surface area contributed by atoms with Crippen molar-refractivity contribution in [2.75, 3.05) is 14.1 Å². The summed E-state index contributed by atoms with van der Waals surface area (Å²) in [6.45, 7) is 0.592. The normalized spacial score (nSPS) is 10.8. The molecule has 0 atom stereocenters. The third-order valence-corrected chi connectivity index (χ3v) is 2.55. The second-order valence-electron chi connectivity index (χ2n) is 4.39. The van der Waals surface area contributed by atoms with Gasteiger partial charge in [0.2, 0.25) is 0 Å². The Morgan fingerprint density at radius 2 is 2.05 bits per heavy atom. The molecule has 19 heavy (non-hydrogen) atoms. The summed E-state index contributed by atoms with van der Waals surface area (Å²) in [6, 6.07) is 9.95. The Balaban J connectivity index is 2.30. The molecule has 5 nitrogen and oxygen atoms in total. The topological polar surface area (TPSA) is 50.5 Å². The lowest BCUT2D eigenvalue weighted by atomic mass is 10.2. The van der Waals surface area contributed by atoms with E-state index >= 15 is 0 Å². The van der Waals surface area contributed by atoms with Crippen LogP contribution in [0.1, 0.15) is 15.9 Å². The van der Waals surface area contributed by atoms with E-state index in [1.54, 1.807) is 11.0 Å². The van der Waals surface area contributed by atoms with Crippen molar-refractivity contribution in [3.05, 3.63) is 47.7 Å². The minimum atomic E-state index is 0.494. The van der Waals surface area contributed by atoms with Gasteiger partial charge in [0.15, 0.2) is 12.1 Å². The Morgan fingerprint density at radius 1 is 1.32 bits per heavy atom. The van der Waals surface area contributed by atoms with Gasteiger partial charge in [-0.2, -0.15) is 5.10 Å². The average Bonchev–Trinajstić information content (AvgIpc) is 2.79. The van der Waals surface area contributed by atoms with E-state index < -0.39 is 0 Å². The van der Waals surface area contributed by atoms with Crippen LogP contribution in [0.5, 0.6) is 0 Å². The first-order chi connectivity index (χ1) is 9.20. The number of nitrogens with zero attached hydrogens (tertiary/aromatic N) is 4. The molecule has 0 fully saturated rings. The number of benzene rings is 1. The molecule has 0 amide bonds. The fourth-order valence-electron chi connectivity index (χ4n) is 1.66. The van der Waals surface area contributed by atoms with E-state index in [2.05, 4.69) is 10.1 Å². The van der Waals surface area contributed by atoms with Crippen LogP contribution in [0.3, 0.4) is 0 Å². The zero-order valence-electron chi connectivity index (χ0n) is 11.0. The first kappa shape index (κ1) is 13.0. The molecule has 2 rings (SSSR count). The number of carbonyl (C=O) groups excluding carboxylic acids is 1. The lowest BCUT2D eigenvalue weighted by Crippen LogP contribution is -2.08. The van der Waals surface area contributed by atoms with Crippen LogP contribution in [0, 0.1) is 0 Å². The zero-order valence-corrected chi connectivity index (χ0v) is 11.0. The minimum absolute atomic E-state index is 0.494. The number of hydrogen-bond donors (Lipinski definition) is 0. The van der Waals surface area contributed by atoms with Gasteiger partial charge in [0, 0.05) is 14.1 Å². The molecule has 5 heteroatoms. The fourth-order valence-corrected chi connectivity index (χ4v) is 1.66. The van der Waals surface area contributed by atoms with Crippen LogP contribution in [-0.2, 0) is 6.54 Å². The molecule has 0 aliphatic heterocycles. The maximum atomic E-state index is 11.0. The van der Waals surface area contributed by atoms with Gasteiger partial charge in [-0.15, -0.1) is 0 Å². The van der Waals surface area contributed by atoms with Gasteiger partial charge >= 0.3 is 0 Å². The number of aldehydes is 1. The Morgan fingerprint density at radius 3 is 2.68 bits per heavy atom. The first-order valence-electron chi connectivity index (χ1n) is 5.96. The maximum absolute atomic E-state index is 11.0. The van der Waals surface area contributed by atoms with Crippen molar-refractivity contribution in [3.63, 3.8) is 0 Å². The summed E-state index contributed by atoms with van der Waals surface area (Å²) in [5.41, 5.74) is 1.61. The molecule has 0 saturated heterocycles. The van der Waals surface area contributed by atoms with Gasteiger partial charge in [0.25, 0.3) is 0 Å². The van der Waals surface area contributed by atoms with Crippen molar-refractivity contribution >= 4 is 18.4 Å². The molecule has 2 aromatic rings. The quantitative estimate of drug-likeness (QED) is 0.467. The predicted molar refractivity (Wildman–Crippen MR) is 75.0 cm³/mol. The molecule has 0 unspecified atom stereocenters. The van der Waals surface area contributed by atoms with Crippen LogP contribution in [0.15, 0.2) is 41.5 Å². The van der Waals surface area contributed by atoms with Crippen molar-refractivity contribution < 1.29 is 4.79 Å². The van der Waals surface area contributed by atoms with Gasteiger partial charge in [-0.3, -0.25) is 4.79 Å². The van der Waals surface area contributed by atoms with Gasteiger partial charge in [0.1, 0.15) is 0 Å². The second kappa shape index (κ2) is 5.95. The van der Waals surface area contributed by atoms with Gasteiger partial charge in [-0.05, 0) is 5.56 Å². The molecular formula is C14H16N4O. The number of aromatic nitrogens is 2. The smallest absolute Gasteiger partial charge is 0.163 e. The van der Waals surface area contributed by atoms with E-state index in [4.69, 9.17) is 0 Å². The monoisotopic (exact) mass is 256 g/mol. The van der Waals surface area contributed by atoms with E-state index in [9.17, 15) is 4.79 Å². The van der Waals surface area contributed by atoms with E-state index in [1.165, 1.54) is 6.20 Å². The molecule has 98 valence electrons. The summed E-state index contributed by atoms with van der Waals surface area (Å²) in [6.07, 6.45) is 3.97. The maximum Gasteiger partial charge on any atom is 0.163 e. The van der Waals surface area contributed by atoms with Crippen LogP contribution in [0.25, 0.3) is 0 Å². The number of rotatable bonds is 5. The zero-order chi connectivity index (χ0) is 13.7. The van der Waals surface area contributed by atoms with E-state index in [0.717, 1.165) is 11.8 Å². The number of carbonyl (C=O) groups is 1. The largest absolute Gasteiger partial charge is 0.369 e. The summed E-state index contributed by atoms with van der Waals surface area (Å²) < 4.78 is 1.72. The third-order valence-electron chi connectivity index (χ3n) is 2.55. The fraction of sp³-hybridized carbons (Fsp3) is 0.214.